The molecule has 4 rings (SSSR count). The Balaban J connectivity index is 1.60. The van der Waals surface area contributed by atoms with E-state index in [-0.39, 0.29) is 12.3 Å². The number of hydrogen-bond acceptors (Lipinski definition) is 6. The highest BCUT2D eigenvalue weighted by atomic mass is 32.1. The Morgan fingerprint density at radius 1 is 1.19 bits per heavy atom. The molecule has 1 fully saturated rings. The van der Waals surface area contributed by atoms with Crippen molar-refractivity contribution >= 4 is 39.1 Å². The van der Waals surface area contributed by atoms with Crippen molar-refractivity contribution in [3.05, 3.63) is 58.6 Å². The molecule has 31 heavy (non-hydrogen) atoms. The third-order valence-corrected chi connectivity index (χ3v) is 6.84. The molecular formula is C24H27N3O3S. The van der Waals surface area contributed by atoms with E-state index < -0.39 is 5.97 Å². The van der Waals surface area contributed by atoms with Crippen molar-refractivity contribution in [1.82, 2.24) is 9.88 Å². The predicted octanol–water partition coefficient (Wildman–Crippen LogP) is 4.64. The molecule has 0 aliphatic carbocycles. The number of carbonyl (C=O) groups is 2. The molecule has 162 valence electrons. The van der Waals surface area contributed by atoms with Crippen LogP contribution in [0.25, 0.3) is 10.2 Å². The Kier molecular flexibility index (Phi) is 6.63. The van der Waals surface area contributed by atoms with Gasteiger partial charge in [-0.05, 0) is 44.0 Å². The number of likely N-dealkylation sites (tertiary alicyclic amines) is 1. The van der Waals surface area contributed by atoms with Crippen LogP contribution in [0.5, 0.6) is 0 Å². The van der Waals surface area contributed by atoms with Crippen molar-refractivity contribution in [2.24, 2.45) is 0 Å². The number of esters is 1. The first-order chi connectivity index (χ1) is 15.0. The maximum atomic E-state index is 12.7. The van der Waals surface area contributed by atoms with Crippen molar-refractivity contribution in [2.45, 2.75) is 45.2 Å². The maximum absolute atomic E-state index is 12.7. The number of fused-ring (bicyclic) bond motifs is 1. The van der Waals surface area contributed by atoms with Gasteiger partial charge in [0.2, 0.25) is 5.91 Å². The number of rotatable bonds is 6. The van der Waals surface area contributed by atoms with Gasteiger partial charge in [-0.1, -0.05) is 36.8 Å². The van der Waals surface area contributed by atoms with Gasteiger partial charge in [0, 0.05) is 18.0 Å². The number of ether oxygens (including phenoxy) is 1. The van der Waals surface area contributed by atoms with Gasteiger partial charge in [-0.15, -0.1) is 11.3 Å². The van der Waals surface area contributed by atoms with Crippen LogP contribution in [-0.2, 0) is 22.5 Å². The Morgan fingerprint density at radius 2 is 2.00 bits per heavy atom. The van der Waals surface area contributed by atoms with Crippen molar-refractivity contribution in [1.29, 1.82) is 0 Å². The number of anilines is 1. The summed E-state index contributed by atoms with van der Waals surface area (Å²) < 4.78 is 4.96. The van der Waals surface area contributed by atoms with Crippen molar-refractivity contribution in [3.8, 4) is 0 Å². The zero-order chi connectivity index (χ0) is 21.8. The normalized spacial score (nSPS) is 16.9. The molecule has 0 unspecified atom stereocenters. The fourth-order valence-corrected chi connectivity index (χ4v) is 5.10. The molecule has 1 saturated heterocycles. The summed E-state index contributed by atoms with van der Waals surface area (Å²) in [6.07, 6.45) is 3.95. The van der Waals surface area contributed by atoms with Crippen LogP contribution in [0, 0.1) is 0 Å². The van der Waals surface area contributed by atoms with Crippen molar-refractivity contribution in [3.63, 3.8) is 0 Å². The van der Waals surface area contributed by atoms with Gasteiger partial charge in [-0.2, -0.15) is 0 Å². The van der Waals surface area contributed by atoms with E-state index in [1.807, 2.05) is 42.5 Å². The second kappa shape index (κ2) is 9.58. The average Bonchev–Trinajstić information content (AvgIpc) is 3.13. The van der Waals surface area contributed by atoms with E-state index in [4.69, 9.17) is 9.72 Å². The summed E-state index contributed by atoms with van der Waals surface area (Å²) in [6.45, 7) is 4.14. The first-order valence-electron chi connectivity index (χ1n) is 10.6. The van der Waals surface area contributed by atoms with Crippen molar-refractivity contribution in [2.75, 3.05) is 19.0 Å². The first kappa shape index (κ1) is 21.5. The SMILES string of the molecule is COC(=O)c1sc2nc(CN3CCCC[C@H]3C)ccc2c1NC(=O)Cc1ccccc1. The van der Waals surface area contributed by atoms with Crippen LogP contribution >= 0.6 is 11.3 Å². The molecule has 1 amide bonds. The number of pyridine rings is 1. The van der Waals surface area contributed by atoms with E-state index in [2.05, 4.69) is 17.1 Å². The highest BCUT2D eigenvalue weighted by molar-refractivity contribution is 7.21. The van der Waals surface area contributed by atoms with Crippen LogP contribution in [0.2, 0.25) is 0 Å². The lowest BCUT2D eigenvalue weighted by Crippen LogP contribution is -2.36. The van der Waals surface area contributed by atoms with Gasteiger partial charge in [0.25, 0.3) is 0 Å². The molecule has 2 aromatic heterocycles. The molecular weight excluding hydrogens is 410 g/mol. The van der Waals surface area contributed by atoms with Gasteiger partial charge in [-0.25, -0.2) is 9.78 Å². The summed E-state index contributed by atoms with van der Waals surface area (Å²) >= 11 is 1.26. The molecule has 0 bridgehead atoms. The lowest BCUT2D eigenvalue weighted by Gasteiger charge is -2.32. The van der Waals surface area contributed by atoms with Crippen LogP contribution in [0.4, 0.5) is 5.69 Å². The van der Waals surface area contributed by atoms with E-state index >= 15 is 0 Å². The zero-order valence-electron chi connectivity index (χ0n) is 17.9. The molecule has 6 nitrogen and oxygen atoms in total. The Hall–Kier alpha value is -2.77. The minimum Gasteiger partial charge on any atom is -0.465 e. The second-order valence-electron chi connectivity index (χ2n) is 7.98. The molecule has 7 heteroatoms. The number of hydrogen-bond donors (Lipinski definition) is 1. The number of thiophene rings is 1. The number of aromatic nitrogens is 1. The summed E-state index contributed by atoms with van der Waals surface area (Å²) in [4.78, 5) is 33.4. The molecule has 3 aromatic rings. The zero-order valence-corrected chi connectivity index (χ0v) is 18.7. The largest absolute Gasteiger partial charge is 0.465 e. The average molecular weight is 438 g/mol. The molecule has 0 radical (unpaired) electrons. The lowest BCUT2D eigenvalue weighted by molar-refractivity contribution is -0.115. The van der Waals surface area contributed by atoms with E-state index in [0.717, 1.165) is 34.6 Å². The van der Waals surface area contributed by atoms with Gasteiger partial charge in [0.15, 0.2) is 0 Å². The Bertz CT molecular complexity index is 1080. The van der Waals surface area contributed by atoms with Crippen LogP contribution in [0.15, 0.2) is 42.5 Å². The lowest BCUT2D eigenvalue weighted by atomic mass is 10.0. The fraction of sp³-hybridized carbons (Fsp3) is 0.375. The molecule has 1 aliphatic rings. The minimum atomic E-state index is -0.468. The molecule has 1 N–H and O–H groups in total. The van der Waals surface area contributed by atoms with Crippen LogP contribution in [-0.4, -0.2) is 41.5 Å². The summed E-state index contributed by atoms with van der Waals surface area (Å²) in [7, 11) is 1.35. The van der Waals surface area contributed by atoms with Crippen LogP contribution in [0.3, 0.4) is 0 Å². The van der Waals surface area contributed by atoms with Gasteiger partial charge in [0.05, 0.1) is 24.9 Å². The smallest absolute Gasteiger partial charge is 0.350 e. The van der Waals surface area contributed by atoms with Crippen molar-refractivity contribution < 1.29 is 14.3 Å². The second-order valence-corrected chi connectivity index (χ2v) is 8.98. The monoisotopic (exact) mass is 437 g/mol. The quantitative estimate of drug-likeness (QED) is 0.569. The van der Waals surface area contributed by atoms with Gasteiger partial charge in [-0.3, -0.25) is 9.69 Å². The molecule has 0 saturated carbocycles. The van der Waals surface area contributed by atoms with Gasteiger partial charge >= 0.3 is 5.97 Å². The number of piperidine rings is 1. The summed E-state index contributed by atoms with van der Waals surface area (Å²) in [5.41, 5.74) is 2.37. The van der Waals surface area contributed by atoms with Crippen LogP contribution < -0.4 is 5.32 Å². The summed E-state index contributed by atoms with van der Waals surface area (Å²) in [5, 5.41) is 3.69. The van der Waals surface area contributed by atoms with E-state index in [1.54, 1.807) is 0 Å². The maximum Gasteiger partial charge on any atom is 0.350 e. The van der Waals surface area contributed by atoms with Crippen LogP contribution in [0.1, 0.15) is 47.1 Å². The van der Waals surface area contributed by atoms with E-state index in [0.29, 0.717) is 16.6 Å². The fourth-order valence-electron chi connectivity index (χ4n) is 4.03. The number of methoxy groups -OCH3 is 1. The van der Waals surface area contributed by atoms with E-state index in [1.165, 1.54) is 37.7 Å². The molecule has 0 spiro atoms. The first-order valence-corrected chi connectivity index (χ1v) is 11.5. The third kappa shape index (κ3) is 4.94. The summed E-state index contributed by atoms with van der Waals surface area (Å²) in [6, 6.07) is 14.0. The number of amides is 1. The minimum absolute atomic E-state index is 0.178. The highest BCUT2D eigenvalue weighted by Crippen LogP contribution is 2.36. The third-order valence-electron chi connectivity index (χ3n) is 5.76. The topological polar surface area (TPSA) is 71.5 Å². The summed E-state index contributed by atoms with van der Waals surface area (Å²) in [5.74, 6) is -0.647. The number of carbonyl (C=O) groups excluding carboxylic acids is 2. The molecule has 1 aliphatic heterocycles. The standard InChI is InChI=1S/C24H27N3O3S/c1-16-8-6-7-13-27(16)15-18-11-12-19-21(22(24(29)30-2)31-23(19)25-18)26-20(28)14-17-9-4-3-5-10-17/h3-5,9-12,16H,6-8,13-15H2,1-2H3,(H,26,28)/t16-/m1/s1. The van der Waals surface area contributed by atoms with E-state index in [9.17, 15) is 9.59 Å². The van der Waals surface area contributed by atoms with Gasteiger partial charge < -0.3 is 10.1 Å². The number of benzene rings is 1. The Labute approximate surface area is 186 Å². The van der Waals surface area contributed by atoms with Gasteiger partial charge in [0.1, 0.15) is 9.71 Å². The predicted molar refractivity (Wildman–Crippen MR) is 123 cm³/mol. The molecule has 1 aromatic carbocycles. The Morgan fingerprint density at radius 3 is 2.74 bits per heavy atom. The molecule has 3 heterocycles. The highest BCUT2D eigenvalue weighted by Gasteiger charge is 2.23. The molecule has 1 atom stereocenters. The number of nitrogens with one attached hydrogen (secondary N) is 1. The number of nitrogens with zero attached hydrogens (tertiary/aromatic N) is 2.